The molecule has 0 radical (unpaired) electrons. The van der Waals surface area contributed by atoms with Crippen LogP contribution in [0, 0.1) is 0 Å². The van der Waals surface area contributed by atoms with Crippen molar-refractivity contribution >= 4 is 29.2 Å². The summed E-state index contributed by atoms with van der Waals surface area (Å²) in [6.07, 6.45) is 4.11. The number of allylic oxidation sites excluding steroid dienone is 2. The van der Waals surface area contributed by atoms with E-state index in [0.717, 1.165) is 12.1 Å². The summed E-state index contributed by atoms with van der Waals surface area (Å²) in [5, 5.41) is 0. The second kappa shape index (κ2) is 8.68. The van der Waals surface area contributed by atoms with E-state index in [4.69, 9.17) is 0 Å². The first-order valence-electron chi connectivity index (χ1n) is 8.88. The van der Waals surface area contributed by atoms with Crippen LogP contribution in [0.25, 0.3) is 0 Å². The van der Waals surface area contributed by atoms with E-state index < -0.39 is 11.7 Å². The third kappa shape index (κ3) is 4.68. The summed E-state index contributed by atoms with van der Waals surface area (Å²) >= 11 is 0. The predicted molar refractivity (Wildman–Crippen MR) is 109 cm³/mol. The van der Waals surface area contributed by atoms with Gasteiger partial charge in [0, 0.05) is 24.5 Å². The van der Waals surface area contributed by atoms with Crippen LogP contribution in [0.15, 0.2) is 82.9 Å². The summed E-state index contributed by atoms with van der Waals surface area (Å²) in [6, 6.07) is 11.7. The Bertz CT molecular complexity index is 1020. The summed E-state index contributed by atoms with van der Waals surface area (Å²) in [7, 11) is 0. The summed E-state index contributed by atoms with van der Waals surface area (Å²) in [6.45, 7) is 2.11. The van der Waals surface area contributed by atoms with Crippen LogP contribution in [-0.4, -0.2) is 24.4 Å². The standard InChI is InChI=1S/C22H18F3N3O/c1-2-26-13-6-3-7-14-28-19-12-5-4-11-18(19)20(21(28)29)27-17-10-8-9-16(15-17)22(23,24)25/h2-13,15H,14H2,1H3/b7-3+,13-6-,26-2-,27-20-. The van der Waals surface area contributed by atoms with Crippen LogP contribution in [0.1, 0.15) is 18.1 Å². The third-order valence-electron chi connectivity index (χ3n) is 4.17. The van der Waals surface area contributed by atoms with Crippen LogP contribution in [0.3, 0.4) is 0 Å². The number of nitrogens with zero attached hydrogens (tertiary/aromatic N) is 3. The van der Waals surface area contributed by atoms with E-state index >= 15 is 0 Å². The Morgan fingerprint density at radius 3 is 2.62 bits per heavy atom. The van der Waals surface area contributed by atoms with Crippen LogP contribution in [0.4, 0.5) is 24.5 Å². The maximum absolute atomic E-state index is 13.0. The van der Waals surface area contributed by atoms with Gasteiger partial charge >= 0.3 is 6.18 Å². The van der Waals surface area contributed by atoms with E-state index in [2.05, 4.69) is 9.98 Å². The highest BCUT2D eigenvalue weighted by atomic mass is 19.4. The second-order valence-electron chi connectivity index (χ2n) is 6.12. The molecule has 0 bridgehead atoms. The number of aliphatic imine (C=N–C) groups is 2. The molecular formula is C22H18F3N3O. The molecule has 0 N–H and O–H groups in total. The lowest BCUT2D eigenvalue weighted by molar-refractivity contribution is -0.137. The Labute approximate surface area is 166 Å². The van der Waals surface area contributed by atoms with E-state index in [1.54, 1.807) is 61.8 Å². The van der Waals surface area contributed by atoms with Crippen LogP contribution in [-0.2, 0) is 11.0 Å². The molecule has 29 heavy (non-hydrogen) atoms. The first kappa shape index (κ1) is 20.3. The highest BCUT2D eigenvalue weighted by Crippen LogP contribution is 2.33. The topological polar surface area (TPSA) is 45.0 Å². The van der Waals surface area contributed by atoms with Gasteiger partial charge in [0.25, 0.3) is 5.91 Å². The number of carbonyl (C=O) groups is 1. The van der Waals surface area contributed by atoms with Crippen LogP contribution >= 0.6 is 0 Å². The summed E-state index contributed by atoms with van der Waals surface area (Å²) in [4.78, 5) is 22.6. The number of hydrogen-bond donors (Lipinski definition) is 0. The average molecular weight is 397 g/mol. The molecule has 0 aromatic heterocycles. The van der Waals surface area contributed by atoms with Gasteiger partial charge in [-0.3, -0.25) is 9.79 Å². The fourth-order valence-electron chi connectivity index (χ4n) is 2.86. The normalized spacial score (nSPS) is 16.1. The molecule has 148 valence electrons. The molecule has 7 heteroatoms. The highest BCUT2D eigenvalue weighted by molar-refractivity contribution is 6.54. The number of halogens is 3. The van der Waals surface area contributed by atoms with Crippen LogP contribution in [0.2, 0.25) is 0 Å². The molecule has 2 aromatic carbocycles. The van der Waals surface area contributed by atoms with Gasteiger partial charge < -0.3 is 4.90 Å². The molecule has 1 aliphatic rings. The van der Waals surface area contributed by atoms with Crippen molar-refractivity contribution in [1.29, 1.82) is 0 Å². The van der Waals surface area contributed by atoms with Crippen molar-refractivity contribution in [3.05, 3.63) is 84.1 Å². The van der Waals surface area contributed by atoms with Gasteiger partial charge in [-0.05, 0) is 37.3 Å². The molecule has 0 spiro atoms. The molecule has 0 atom stereocenters. The fourth-order valence-corrected chi connectivity index (χ4v) is 2.86. The van der Waals surface area contributed by atoms with Gasteiger partial charge in [-0.25, -0.2) is 4.99 Å². The Morgan fingerprint density at radius 1 is 1.07 bits per heavy atom. The molecule has 0 saturated carbocycles. The molecule has 1 heterocycles. The van der Waals surface area contributed by atoms with Gasteiger partial charge in [-0.2, -0.15) is 13.2 Å². The quantitative estimate of drug-likeness (QED) is 0.497. The molecule has 1 aliphatic heterocycles. The lowest BCUT2D eigenvalue weighted by atomic mass is 10.1. The molecule has 0 aliphatic carbocycles. The van der Waals surface area contributed by atoms with Crippen molar-refractivity contribution < 1.29 is 18.0 Å². The number of amides is 1. The lowest BCUT2D eigenvalue weighted by Crippen LogP contribution is -2.30. The minimum Gasteiger partial charge on any atom is -0.302 e. The first-order chi connectivity index (χ1) is 13.9. The van der Waals surface area contributed by atoms with Crippen molar-refractivity contribution in [2.75, 3.05) is 11.4 Å². The van der Waals surface area contributed by atoms with E-state index in [-0.39, 0.29) is 17.3 Å². The fraction of sp³-hybridized carbons (Fsp3) is 0.136. The smallest absolute Gasteiger partial charge is 0.302 e. The number of carbonyl (C=O) groups excluding carboxylic acids is 1. The number of hydrogen-bond acceptors (Lipinski definition) is 3. The zero-order valence-electron chi connectivity index (χ0n) is 15.6. The van der Waals surface area contributed by atoms with Crippen LogP contribution < -0.4 is 4.90 Å². The Kier molecular flexibility index (Phi) is 6.07. The van der Waals surface area contributed by atoms with E-state index in [1.807, 2.05) is 0 Å². The first-order valence-corrected chi connectivity index (χ1v) is 8.88. The molecule has 0 fully saturated rings. The monoisotopic (exact) mass is 397 g/mol. The van der Waals surface area contributed by atoms with Crippen LogP contribution in [0.5, 0.6) is 0 Å². The average Bonchev–Trinajstić information content (AvgIpc) is 2.96. The molecule has 0 saturated heterocycles. The highest BCUT2D eigenvalue weighted by Gasteiger charge is 2.34. The number of rotatable bonds is 5. The Balaban J connectivity index is 1.91. The van der Waals surface area contributed by atoms with Crippen molar-refractivity contribution in [2.45, 2.75) is 13.1 Å². The van der Waals surface area contributed by atoms with E-state index in [0.29, 0.717) is 17.8 Å². The van der Waals surface area contributed by atoms with Gasteiger partial charge in [0.2, 0.25) is 0 Å². The van der Waals surface area contributed by atoms with E-state index in [1.165, 1.54) is 17.0 Å². The van der Waals surface area contributed by atoms with Crippen molar-refractivity contribution in [2.24, 2.45) is 9.98 Å². The van der Waals surface area contributed by atoms with Gasteiger partial charge in [-0.1, -0.05) is 36.4 Å². The number of alkyl halides is 3. The van der Waals surface area contributed by atoms with Gasteiger partial charge in [-0.15, -0.1) is 0 Å². The number of para-hydroxylation sites is 1. The molecule has 4 nitrogen and oxygen atoms in total. The van der Waals surface area contributed by atoms with Crippen molar-refractivity contribution in [1.82, 2.24) is 0 Å². The third-order valence-corrected chi connectivity index (χ3v) is 4.17. The second-order valence-corrected chi connectivity index (χ2v) is 6.12. The maximum Gasteiger partial charge on any atom is 0.416 e. The maximum atomic E-state index is 13.0. The predicted octanol–water partition coefficient (Wildman–Crippen LogP) is 5.33. The lowest BCUT2D eigenvalue weighted by Gasteiger charge is -2.13. The van der Waals surface area contributed by atoms with Gasteiger partial charge in [0.1, 0.15) is 5.71 Å². The zero-order chi connectivity index (χ0) is 20.9. The largest absolute Gasteiger partial charge is 0.416 e. The summed E-state index contributed by atoms with van der Waals surface area (Å²) < 4.78 is 38.9. The van der Waals surface area contributed by atoms with Gasteiger partial charge in [0.15, 0.2) is 0 Å². The minimum atomic E-state index is -4.47. The summed E-state index contributed by atoms with van der Waals surface area (Å²) in [5.41, 5.74) is 0.660. The van der Waals surface area contributed by atoms with E-state index in [9.17, 15) is 18.0 Å². The summed E-state index contributed by atoms with van der Waals surface area (Å²) in [5.74, 6) is -0.358. The number of anilines is 1. The number of benzene rings is 2. The molecular weight excluding hydrogens is 379 g/mol. The van der Waals surface area contributed by atoms with Crippen molar-refractivity contribution in [3.63, 3.8) is 0 Å². The van der Waals surface area contributed by atoms with Gasteiger partial charge in [0.05, 0.1) is 16.9 Å². The molecule has 1 amide bonds. The SMILES string of the molecule is C\C=N/C=C\C=C\CN1C(=O)/C(=N\c2cccc(C(F)(F)F)c2)c2ccccc21. The Morgan fingerprint density at radius 2 is 1.86 bits per heavy atom. The minimum absolute atomic E-state index is 0.0794. The Hall–Kier alpha value is -3.48. The zero-order valence-corrected chi connectivity index (χ0v) is 15.6. The van der Waals surface area contributed by atoms with Crippen molar-refractivity contribution in [3.8, 4) is 0 Å². The molecule has 3 rings (SSSR count). The molecule has 2 aromatic rings. The molecule has 0 unspecified atom stereocenters. The number of fused-ring (bicyclic) bond motifs is 1.